The number of hydrogen-bond acceptors (Lipinski definition) is 4. The molecule has 9 aromatic rings. The molecule has 0 spiro atoms. The molecule has 0 unspecified atom stereocenters. The summed E-state index contributed by atoms with van der Waals surface area (Å²) in [5.74, 6) is 0. The molecule has 0 N–H and O–H groups in total. The van der Waals surface area contributed by atoms with E-state index >= 15 is 0 Å². The van der Waals surface area contributed by atoms with Crippen LogP contribution in [0.5, 0.6) is 0 Å². The Morgan fingerprint density at radius 2 is 0.942 bits per heavy atom. The molecule has 0 saturated carbocycles. The molecule has 0 saturated heterocycles. The molecule has 2 nitrogen and oxygen atoms in total. The van der Waals surface area contributed by atoms with E-state index in [0.29, 0.717) is 0 Å². The monoisotopic (exact) mass is 702 g/mol. The highest BCUT2D eigenvalue weighted by molar-refractivity contribution is 7.99. The third kappa shape index (κ3) is 5.18. The molecular weight excluding hydrogens is 669 g/mol. The number of fused-ring (bicyclic) bond motifs is 6. The Labute approximate surface area is 312 Å². The Balaban J connectivity index is 1.13. The van der Waals surface area contributed by atoms with Crippen LogP contribution in [0.2, 0.25) is 0 Å². The van der Waals surface area contributed by atoms with Gasteiger partial charge in [0.05, 0.1) is 0 Å². The number of nitrogens with zero attached hydrogens (tertiary/aromatic N) is 2. The summed E-state index contributed by atoms with van der Waals surface area (Å²) in [7, 11) is 0. The second kappa shape index (κ2) is 12.4. The van der Waals surface area contributed by atoms with Crippen molar-refractivity contribution in [2.24, 2.45) is 0 Å². The Bertz CT molecular complexity index is 2800. The molecule has 2 heterocycles. The van der Waals surface area contributed by atoms with Gasteiger partial charge < -0.3 is 9.80 Å². The van der Waals surface area contributed by atoms with Crippen molar-refractivity contribution in [1.82, 2.24) is 0 Å². The van der Waals surface area contributed by atoms with Crippen molar-refractivity contribution in [3.63, 3.8) is 0 Å². The topological polar surface area (TPSA) is 6.48 Å². The fourth-order valence-electron chi connectivity index (χ4n) is 7.80. The second-order valence-electron chi connectivity index (χ2n) is 13.6. The highest BCUT2D eigenvalue weighted by Crippen LogP contribution is 2.53. The summed E-state index contributed by atoms with van der Waals surface area (Å²) in [5, 5.41) is 5.35. The number of hydrogen-bond donors (Lipinski definition) is 0. The standard InChI is InChI=1S/C48H34N2S2/c1-31-12-9-18-35(26-31)49(33-14-5-3-6-15-33)37-22-24-39-42-30-46-47(41-20-11-21-43(48(41)42)51-44(39)28-37)40-25-23-38(29-45(40)52-46)50(34-16-7-4-8-17-34)36-19-10-13-32(2)27-36/h3-30H,1-2H3. The lowest BCUT2D eigenvalue weighted by Crippen LogP contribution is -2.10. The minimum absolute atomic E-state index is 1.15. The minimum atomic E-state index is 1.15. The second-order valence-corrected chi connectivity index (χ2v) is 15.7. The molecule has 1 aromatic heterocycles. The lowest BCUT2D eigenvalue weighted by Gasteiger charge is -2.28. The Morgan fingerprint density at radius 3 is 1.60 bits per heavy atom. The van der Waals surface area contributed by atoms with Gasteiger partial charge in [0.1, 0.15) is 0 Å². The van der Waals surface area contributed by atoms with Gasteiger partial charge in [0.25, 0.3) is 0 Å². The predicted octanol–water partition coefficient (Wildman–Crippen LogP) is 14.9. The first-order valence-electron chi connectivity index (χ1n) is 17.7. The van der Waals surface area contributed by atoms with Gasteiger partial charge in [0, 0.05) is 69.5 Å². The minimum Gasteiger partial charge on any atom is -0.310 e. The molecule has 52 heavy (non-hydrogen) atoms. The summed E-state index contributed by atoms with van der Waals surface area (Å²) in [5.41, 5.74) is 12.0. The first-order chi connectivity index (χ1) is 25.6. The van der Waals surface area contributed by atoms with E-state index in [0.717, 1.165) is 34.1 Å². The van der Waals surface area contributed by atoms with Crippen LogP contribution >= 0.6 is 23.1 Å². The van der Waals surface area contributed by atoms with Gasteiger partial charge in [-0.05, 0) is 126 Å². The molecule has 1 aliphatic rings. The number of para-hydroxylation sites is 2. The zero-order valence-corrected chi connectivity index (χ0v) is 30.5. The van der Waals surface area contributed by atoms with Crippen molar-refractivity contribution in [1.29, 1.82) is 0 Å². The number of benzene rings is 8. The Kier molecular flexibility index (Phi) is 7.41. The van der Waals surface area contributed by atoms with E-state index in [1.807, 2.05) is 23.1 Å². The molecule has 0 aliphatic carbocycles. The van der Waals surface area contributed by atoms with Gasteiger partial charge in [-0.1, -0.05) is 96.7 Å². The van der Waals surface area contributed by atoms with Crippen LogP contribution in [0.25, 0.3) is 42.1 Å². The Hall–Kier alpha value is -5.81. The SMILES string of the molecule is Cc1cccc(N(c2ccccc2)c2ccc3c(c2)Sc2cccc4c2c-3cc2sc3cc(N(c5ccccc5)c5cccc(C)c5)ccc3c24)c1. The highest BCUT2D eigenvalue weighted by atomic mass is 32.2. The zero-order chi connectivity index (χ0) is 34.8. The normalized spacial score (nSPS) is 12.0. The summed E-state index contributed by atoms with van der Waals surface area (Å²) < 4.78 is 2.62. The van der Waals surface area contributed by atoms with Crippen LogP contribution in [0, 0.1) is 13.8 Å². The van der Waals surface area contributed by atoms with Crippen molar-refractivity contribution in [2.75, 3.05) is 9.80 Å². The third-order valence-electron chi connectivity index (χ3n) is 10.1. The molecule has 0 bridgehead atoms. The van der Waals surface area contributed by atoms with Crippen molar-refractivity contribution >= 4 is 88.2 Å². The predicted molar refractivity (Wildman–Crippen MR) is 225 cm³/mol. The average Bonchev–Trinajstić information content (AvgIpc) is 3.54. The van der Waals surface area contributed by atoms with E-state index in [4.69, 9.17) is 0 Å². The van der Waals surface area contributed by atoms with Gasteiger partial charge in [0.2, 0.25) is 0 Å². The molecule has 8 aromatic carbocycles. The van der Waals surface area contributed by atoms with Crippen molar-refractivity contribution in [3.8, 4) is 11.1 Å². The number of aryl methyl sites for hydroxylation is 2. The largest absolute Gasteiger partial charge is 0.310 e. The molecule has 0 amide bonds. The van der Waals surface area contributed by atoms with Gasteiger partial charge in [-0.3, -0.25) is 0 Å². The maximum absolute atomic E-state index is 2.45. The van der Waals surface area contributed by atoms with Crippen LogP contribution in [-0.4, -0.2) is 0 Å². The van der Waals surface area contributed by atoms with E-state index < -0.39 is 0 Å². The number of thiophene rings is 1. The van der Waals surface area contributed by atoms with E-state index in [-0.39, 0.29) is 0 Å². The maximum atomic E-state index is 2.45. The summed E-state index contributed by atoms with van der Waals surface area (Å²) in [6, 6.07) is 62.2. The van der Waals surface area contributed by atoms with Crippen molar-refractivity contribution in [3.05, 3.63) is 181 Å². The quantitative estimate of drug-likeness (QED) is 0.170. The third-order valence-corrected chi connectivity index (χ3v) is 12.3. The lowest BCUT2D eigenvalue weighted by atomic mass is 9.94. The summed E-state index contributed by atoms with van der Waals surface area (Å²) in [6.07, 6.45) is 0. The smallest absolute Gasteiger partial charge is 0.0476 e. The molecular formula is C48H34N2S2. The van der Waals surface area contributed by atoms with Gasteiger partial charge in [-0.25, -0.2) is 0 Å². The Morgan fingerprint density at radius 1 is 0.365 bits per heavy atom. The molecule has 0 radical (unpaired) electrons. The number of rotatable bonds is 6. The van der Waals surface area contributed by atoms with Gasteiger partial charge in [-0.15, -0.1) is 11.3 Å². The average molecular weight is 703 g/mol. The maximum Gasteiger partial charge on any atom is 0.0476 e. The van der Waals surface area contributed by atoms with Crippen molar-refractivity contribution < 1.29 is 0 Å². The highest BCUT2D eigenvalue weighted by Gasteiger charge is 2.24. The molecule has 1 aliphatic heterocycles. The molecule has 248 valence electrons. The summed E-state index contributed by atoms with van der Waals surface area (Å²) in [4.78, 5) is 7.33. The first kappa shape index (κ1) is 31.0. The van der Waals surface area contributed by atoms with Gasteiger partial charge in [-0.2, -0.15) is 0 Å². The van der Waals surface area contributed by atoms with Gasteiger partial charge in [0.15, 0.2) is 0 Å². The lowest BCUT2D eigenvalue weighted by molar-refractivity contribution is 1.25. The van der Waals surface area contributed by atoms with E-state index in [1.165, 1.54) is 63.0 Å². The first-order valence-corrected chi connectivity index (χ1v) is 19.3. The van der Waals surface area contributed by atoms with Crippen LogP contribution in [0.15, 0.2) is 180 Å². The molecule has 10 rings (SSSR count). The summed E-state index contributed by atoms with van der Waals surface area (Å²) >= 11 is 3.79. The van der Waals surface area contributed by atoms with Crippen LogP contribution in [-0.2, 0) is 0 Å². The van der Waals surface area contributed by atoms with Crippen LogP contribution in [0.1, 0.15) is 11.1 Å². The molecule has 4 heteroatoms. The van der Waals surface area contributed by atoms with Crippen molar-refractivity contribution in [2.45, 2.75) is 23.6 Å². The van der Waals surface area contributed by atoms with E-state index in [1.54, 1.807) is 0 Å². The van der Waals surface area contributed by atoms with Crippen LogP contribution in [0.4, 0.5) is 34.1 Å². The van der Waals surface area contributed by atoms with E-state index in [2.05, 4.69) is 194 Å². The number of anilines is 6. The van der Waals surface area contributed by atoms with Gasteiger partial charge >= 0.3 is 0 Å². The molecule has 0 fully saturated rings. The summed E-state index contributed by atoms with van der Waals surface area (Å²) in [6.45, 7) is 4.32. The zero-order valence-electron chi connectivity index (χ0n) is 28.9. The van der Waals surface area contributed by atoms with Crippen LogP contribution < -0.4 is 9.80 Å². The van der Waals surface area contributed by atoms with E-state index in [9.17, 15) is 0 Å². The fraction of sp³-hybridized carbons (Fsp3) is 0.0417. The molecule has 0 atom stereocenters. The fourth-order valence-corrected chi connectivity index (χ4v) is 10.2. The van der Waals surface area contributed by atoms with Crippen LogP contribution in [0.3, 0.4) is 0 Å².